The van der Waals surface area contributed by atoms with Crippen LogP contribution < -0.4 is 0 Å². The third-order valence-corrected chi connectivity index (χ3v) is 1.92. The molecule has 0 spiro atoms. The van der Waals surface area contributed by atoms with Gasteiger partial charge in [-0.3, -0.25) is 4.68 Å². The number of ether oxygens (including phenoxy) is 1. The van der Waals surface area contributed by atoms with Gasteiger partial charge in [0, 0.05) is 7.11 Å². The lowest BCUT2D eigenvalue weighted by molar-refractivity contribution is 0.0680. The van der Waals surface area contributed by atoms with Gasteiger partial charge in [0.1, 0.15) is 5.69 Å². The predicted octanol–water partition coefficient (Wildman–Crippen LogP) is 0.790. The number of carboxylic acids is 1. The van der Waals surface area contributed by atoms with E-state index in [1.807, 2.05) is 6.92 Å². The standard InChI is InChI=1S/C9H14N2O3/c1-3-7-6-8(9(12)13)11(10-7)4-5-14-2/h6H,3-5H2,1-2H3,(H,12,13). The number of nitrogens with zero attached hydrogens (tertiary/aromatic N) is 2. The number of hydrogen-bond donors (Lipinski definition) is 1. The highest BCUT2D eigenvalue weighted by Gasteiger charge is 2.12. The van der Waals surface area contributed by atoms with Gasteiger partial charge < -0.3 is 9.84 Å². The van der Waals surface area contributed by atoms with Crippen molar-refractivity contribution in [3.05, 3.63) is 17.5 Å². The Morgan fingerprint density at radius 3 is 2.93 bits per heavy atom. The maximum absolute atomic E-state index is 10.8. The van der Waals surface area contributed by atoms with Crippen molar-refractivity contribution in [2.24, 2.45) is 0 Å². The highest BCUT2D eigenvalue weighted by atomic mass is 16.5. The first-order chi connectivity index (χ1) is 6.69. The molecule has 0 saturated heterocycles. The molecular formula is C9H14N2O3. The maximum Gasteiger partial charge on any atom is 0.354 e. The van der Waals surface area contributed by atoms with Crippen LogP contribution in [0.15, 0.2) is 6.07 Å². The minimum absolute atomic E-state index is 0.221. The van der Waals surface area contributed by atoms with Crippen molar-refractivity contribution in [3.8, 4) is 0 Å². The van der Waals surface area contributed by atoms with Crippen molar-refractivity contribution in [2.45, 2.75) is 19.9 Å². The third kappa shape index (κ3) is 2.32. The van der Waals surface area contributed by atoms with E-state index in [9.17, 15) is 4.79 Å². The van der Waals surface area contributed by atoms with E-state index >= 15 is 0 Å². The lowest BCUT2D eigenvalue weighted by Crippen LogP contribution is -2.13. The van der Waals surface area contributed by atoms with Gasteiger partial charge in [-0.2, -0.15) is 5.10 Å². The molecule has 0 unspecified atom stereocenters. The number of hydrogen-bond acceptors (Lipinski definition) is 3. The number of aromatic nitrogens is 2. The van der Waals surface area contributed by atoms with Crippen LogP contribution in [0.3, 0.4) is 0 Å². The third-order valence-electron chi connectivity index (χ3n) is 1.92. The Morgan fingerprint density at radius 2 is 2.43 bits per heavy atom. The largest absolute Gasteiger partial charge is 0.477 e. The normalized spacial score (nSPS) is 10.4. The van der Waals surface area contributed by atoms with E-state index in [-0.39, 0.29) is 5.69 Å². The summed E-state index contributed by atoms with van der Waals surface area (Å²) >= 11 is 0. The van der Waals surface area contributed by atoms with E-state index in [0.717, 1.165) is 12.1 Å². The number of rotatable bonds is 5. The summed E-state index contributed by atoms with van der Waals surface area (Å²) in [5, 5.41) is 13.0. The van der Waals surface area contributed by atoms with Crippen molar-refractivity contribution < 1.29 is 14.6 Å². The van der Waals surface area contributed by atoms with Gasteiger partial charge in [-0.05, 0) is 12.5 Å². The second-order valence-corrected chi connectivity index (χ2v) is 2.90. The molecule has 0 atom stereocenters. The average molecular weight is 198 g/mol. The Labute approximate surface area is 82.3 Å². The monoisotopic (exact) mass is 198 g/mol. The molecule has 14 heavy (non-hydrogen) atoms. The Hall–Kier alpha value is -1.36. The van der Waals surface area contributed by atoms with E-state index < -0.39 is 5.97 Å². The summed E-state index contributed by atoms with van der Waals surface area (Å²) in [7, 11) is 1.57. The highest BCUT2D eigenvalue weighted by molar-refractivity contribution is 5.85. The summed E-state index contributed by atoms with van der Waals surface area (Å²) in [4.78, 5) is 10.8. The van der Waals surface area contributed by atoms with Crippen molar-refractivity contribution >= 4 is 5.97 Å². The smallest absolute Gasteiger partial charge is 0.354 e. The van der Waals surface area contributed by atoms with Gasteiger partial charge in [-0.15, -0.1) is 0 Å². The Morgan fingerprint density at radius 1 is 1.71 bits per heavy atom. The molecule has 0 bridgehead atoms. The van der Waals surface area contributed by atoms with Crippen LogP contribution in [0.5, 0.6) is 0 Å². The molecule has 0 aromatic carbocycles. The first-order valence-corrected chi connectivity index (χ1v) is 4.48. The fourth-order valence-corrected chi connectivity index (χ4v) is 1.16. The zero-order chi connectivity index (χ0) is 10.6. The maximum atomic E-state index is 10.8. The minimum Gasteiger partial charge on any atom is -0.477 e. The lowest BCUT2D eigenvalue weighted by atomic mass is 10.3. The molecule has 0 aliphatic rings. The van der Waals surface area contributed by atoms with Crippen LogP contribution in [-0.2, 0) is 17.7 Å². The zero-order valence-electron chi connectivity index (χ0n) is 8.36. The fraction of sp³-hybridized carbons (Fsp3) is 0.556. The highest BCUT2D eigenvalue weighted by Crippen LogP contribution is 2.05. The van der Waals surface area contributed by atoms with Crippen LogP contribution in [0.4, 0.5) is 0 Å². The number of carboxylic acid groups (broad SMARTS) is 1. The molecule has 1 heterocycles. The molecule has 0 fully saturated rings. The van der Waals surface area contributed by atoms with E-state index in [4.69, 9.17) is 9.84 Å². The molecule has 1 N–H and O–H groups in total. The van der Waals surface area contributed by atoms with E-state index in [0.29, 0.717) is 13.2 Å². The van der Waals surface area contributed by atoms with E-state index in [1.165, 1.54) is 4.68 Å². The quantitative estimate of drug-likeness (QED) is 0.759. The molecule has 5 heteroatoms. The van der Waals surface area contributed by atoms with E-state index in [1.54, 1.807) is 13.2 Å². The van der Waals surface area contributed by atoms with Crippen LogP contribution >= 0.6 is 0 Å². The first-order valence-electron chi connectivity index (χ1n) is 4.48. The zero-order valence-corrected chi connectivity index (χ0v) is 8.36. The second-order valence-electron chi connectivity index (χ2n) is 2.90. The molecular weight excluding hydrogens is 184 g/mol. The van der Waals surface area contributed by atoms with Crippen LogP contribution in [0.2, 0.25) is 0 Å². The Bertz CT molecular complexity index is 320. The first kappa shape index (κ1) is 10.7. The van der Waals surface area contributed by atoms with Gasteiger partial charge in [-0.1, -0.05) is 6.92 Å². The fourth-order valence-electron chi connectivity index (χ4n) is 1.16. The molecule has 0 aliphatic carbocycles. The van der Waals surface area contributed by atoms with Gasteiger partial charge in [0.2, 0.25) is 0 Å². The summed E-state index contributed by atoms with van der Waals surface area (Å²) in [6.07, 6.45) is 0.736. The predicted molar refractivity (Wildman–Crippen MR) is 50.4 cm³/mol. The van der Waals surface area contributed by atoms with Crippen molar-refractivity contribution in [1.82, 2.24) is 9.78 Å². The number of aromatic carboxylic acids is 1. The van der Waals surface area contributed by atoms with Crippen LogP contribution in [0, 0.1) is 0 Å². The van der Waals surface area contributed by atoms with Gasteiger partial charge in [-0.25, -0.2) is 4.79 Å². The molecule has 1 rings (SSSR count). The lowest BCUT2D eigenvalue weighted by Gasteiger charge is -2.02. The van der Waals surface area contributed by atoms with Crippen molar-refractivity contribution in [1.29, 1.82) is 0 Å². The Balaban J connectivity index is 2.88. The summed E-state index contributed by atoms with van der Waals surface area (Å²) in [6.45, 7) is 2.87. The number of aryl methyl sites for hydroxylation is 1. The second kappa shape index (κ2) is 4.76. The van der Waals surface area contributed by atoms with Crippen LogP contribution in [-0.4, -0.2) is 34.6 Å². The average Bonchev–Trinajstić information content (AvgIpc) is 2.58. The topological polar surface area (TPSA) is 64.3 Å². The number of methoxy groups -OCH3 is 1. The van der Waals surface area contributed by atoms with E-state index in [2.05, 4.69) is 5.10 Å². The molecule has 78 valence electrons. The number of carbonyl (C=O) groups is 1. The molecule has 0 radical (unpaired) electrons. The molecule has 1 aromatic rings. The van der Waals surface area contributed by atoms with Crippen LogP contribution in [0.1, 0.15) is 23.1 Å². The molecule has 5 nitrogen and oxygen atoms in total. The van der Waals surface area contributed by atoms with Gasteiger partial charge in [0.25, 0.3) is 0 Å². The van der Waals surface area contributed by atoms with Crippen molar-refractivity contribution in [2.75, 3.05) is 13.7 Å². The molecule has 1 aromatic heterocycles. The van der Waals surface area contributed by atoms with Gasteiger partial charge in [0.05, 0.1) is 18.8 Å². The summed E-state index contributed by atoms with van der Waals surface area (Å²) in [5.74, 6) is -0.951. The summed E-state index contributed by atoms with van der Waals surface area (Å²) in [6, 6.07) is 1.60. The molecule has 0 aliphatic heterocycles. The minimum atomic E-state index is -0.951. The molecule has 0 saturated carbocycles. The summed E-state index contributed by atoms with van der Waals surface area (Å²) < 4.78 is 6.33. The Kier molecular flexibility index (Phi) is 3.64. The summed E-state index contributed by atoms with van der Waals surface area (Å²) in [5.41, 5.74) is 1.01. The van der Waals surface area contributed by atoms with Gasteiger partial charge >= 0.3 is 5.97 Å². The van der Waals surface area contributed by atoms with Crippen molar-refractivity contribution in [3.63, 3.8) is 0 Å². The molecule has 0 amide bonds. The van der Waals surface area contributed by atoms with Crippen LogP contribution in [0.25, 0.3) is 0 Å². The SMILES string of the molecule is CCc1cc(C(=O)O)n(CCOC)n1. The van der Waals surface area contributed by atoms with Gasteiger partial charge in [0.15, 0.2) is 0 Å².